The molecule has 0 aliphatic carbocycles. The zero-order valence-electron chi connectivity index (χ0n) is 11.6. The number of amides is 1. The van der Waals surface area contributed by atoms with Gasteiger partial charge in [-0.25, -0.2) is 8.42 Å². The van der Waals surface area contributed by atoms with Gasteiger partial charge in [0.1, 0.15) is 0 Å². The summed E-state index contributed by atoms with van der Waals surface area (Å²) in [5.74, 6) is -0.166. The van der Waals surface area contributed by atoms with Crippen molar-refractivity contribution in [3.05, 3.63) is 58.1 Å². The van der Waals surface area contributed by atoms with Crippen molar-refractivity contribution in [3.63, 3.8) is 0 Å². The van der Waals surface area contributed by atoms with Crippen LogP contribution in [0.25, 0.3) is 11.6 Å². The van der Waals surface area contributed by atoms with Gasteiger partial charge in [-0.05, 0) is 42.0 Å². The number of benzene rings is 2. The number of carbonyl (C=O) groups excluding carboxylic acids is 1. The van der Waals surface area contributed by atoms with Crippen LogP contribution in [0.1, 0.15) is 11.1 Å². The fraction of sp³-hybridized carbons (Fsp3) is 0.0625. The Morgan fingerprint density at radius 2 is 1.77 bits per heavy atom. The number of carbonyl (C=O) groups is 1. The minimum atomic E-state index is -3.22. The van der Waals surface area contributed by atoms with E-state index in [1.54, 1.807) is 18.2 Å². The van der Waals surface area contributed by atoms with Crippen LogP contribution in [0.4, 0.5) is 5.69 Å². The third kappa shape index (κ3) is 2.84. The first-order valence-electron chi connectivity index (χ1n) is 6.48. The minimum Gasteiger partial charge on any atom is -0.321 e. The summed E-state index contributed by atoms with van der Waals surface area (Å²) in [5, 5.41) is 2.81. The van der Waals surface area contributed by atoms with E-state index >= 15 is 0 Å². The Labute approximate surface area is 136 Å². The molecule has 0 radical (unpaired) electrons. The van der Waals surface area contributed by atoms with Crippen molar-refractivity contribution in [2.24, 2.45) is 0 Å². The zero-order chi connectivity index (χ0) is 15.9. The Morgan fingerprint density at radius 1 is 1.09 bits per heavy atom. The standard InChI is InChI=1S/C16H12BrNO3S/c1-22(20,21)12-5-2-10(3-6-12)8-14-13-9-11(17)4-7-15(13)18-16(14)19/h2-9H,1H3,(H,18,19)/b14-8+. The van der Waals surface area contributed by atoms with Crippen molar-refractivity contribution in [1.29, 1.82) is 0 Å². The van der Waals surface area contributed by atoms with Gasteiger partial charge in [-0.1, -0.05) is 28.1 Å². The number of sulfone groups is 1. The van der Waals surface area contributed by atoms with E-state index < -0.39 is 9.84 Å². The highest BCUT2D eigenvalue weighted by Gasteiger charge is 2.24. The average Bonchev–Trinajstić information content (AvgIpc) is 2.75. The molecular weight excluding hydrogens is 366 g/mol. The lowest BCUT2D eigenvalue weighted by Crippen LogP contribution is -2.03. The summed E-state index contributed by atoms with van der Waals surface area (Å²) in [6.45, 7) is 0. The summed E-state index contributed by atoms with van der Waals surface area (Å²) in [6.07, 6.45) is 2.92. The van der Waals surface area contributed by atoms with Crippen LogP contribution in [0.5, 0.6) is 0 Å². The monoisotopic (exact) mass is 377 g/mol. The lowest BCUT2D eigenvalue weighted by molar-refractivity contribution is -0.110. The minimum absolute atomic E-state index is 0.166. The van der Waals surface area contributed by atoms with Gasteiger partial charge in [-0.15, -0.1) is 0 Å². The average molecular weight is 378 g/mol. The smallest absolute Gasteiger partial charge is 0.256 e. The van der Waals surface area contributed by atoms with Crippen molar-refractivity contribution in [2.45, 2.75) is 4.90 Å². The number of hydrogen-bond donors (Lipinski definition) is 1. The van der Waals surface area contributed by atoms with E-state index in [4.69, 9.17) is 0 Å². The molecule has 0 bridgehead atoms. The Hall–Kier alpha value is -1.92. The molecule has 0 saturated carbocycles. The van der Waals surface area contributed by atoms with Crippen molar-refractivity contribution in [3.8, 4) is 0 Å². The molecule has 6 heteroatoms. The van der Waals surface area contributed by atoms with Gasteiger partial charge in [-0.2, -0.15) is 0 Å². The van der Waals surface area contributed by atoms with Crippen molar-refractivity contribution in [1.82, 2.24) is 0 Å². The van der Waals surface area contributed by atoms with Crippen LogP contribution in [0, 0.1) is 0 Å². The third-order valence-corrected chi connectivity index (χ3v) is 5.01. The first-order chi connectivity index (χ1) is 10.3. The first-order valence-corrected chi connectivity index (χ1v) is 9.16. The molecule has 1 N–H and O–H groups in total. The molecule has 112 valence electrons. The summed E-state index contributed by atoms with van der Waals surface area (Å²) in [6, 6.07) is 12.0. The number of nitrogens with one attached hydrogen (secondary N) is 1. The van der Waals surface area contributed by atoms with Crippen LogP contribution >= 0.6 is 15.9 Å². The van der Waals surface area contributed by atoms with Crippen LogP contribution < -0.4 is 5.32 Å². The van der Waals surface area contributed by atoms with E-state index in [0.717, 1.165) is 21.3 Å². The Bertz CT molecular complexity index is 899. The number of rotatable bonds is 2. The molecule has 1 heterocycles. The van der Waals surface area contributed by atoms with E-state index in [1.165, 1.54) is 18.4 Å². The van der Waals surface area contributed by atoms with Crippen molar-refractivity contribution < 1.29 is 13.2 Å². The number of anilines is 1. The Morgan fingerprint density at radius 3 is 2.41 bits per heavy atom. The van der Waals surface area contributed by atoms with Gasteiger partial charge in [0.25, 0.3) is 5.91 Å². The van der Waals surface area contributed by atoms with E-state index in [2.05, 4.69) is 21.2 Å². The molecule has 0 unspecified atom stereocenters. The van der Waals surface area contributed by atoms with Gasteiger partial charge < -0.3 is 5.32 Å². The van der Waals surface area contributed by atoms with E-state index in [9.17, 15) is 13.2 Å². The topological polar surface area (TPSA) is 63.2 Å². The van der Waals surface area contributed by atoms with Gasteiger partial charge in [0.2, 0.25) is 0 Å². The molecule has 22 heavy (non-hydrogen) atoms. The molecule has 1 aliphatic heterocycles. The molecule has 3 rings (SSSR count). The second-order valence-corrected chi connectivity index (χ2v) is 7.97. The molecule has 0 fully saturated rings. The first kappa shape index (κ1) is 15.0. The fourth-order valence-electron chi connectivity index (χ4n) is 2.28. The normalized spacial score (nSPS) is 15.7. The highest BCUT2D eigenvalue weighted by atomic mass is 79.9. The summed E-state index contributed by atoms with van der Waals surface area (Å²) >= 11 is 3.40. The maximum Gasteiger partial charge on any atom is 0.256 e. The second kappa shape index (κ2) is 5.37. The van der Waals surface area contributed by atoms with E-state index in [-0.39, 0.29) is 10.8 Å². The van der Waals surface area contributed by atoms with Crippen LogP contribution in [0.2, 0.25) is 0 Å². The maximum atomic E-state index is 12.1. The maximum absolute atomic E-state index is 12.1. The van der Waals surface area contributed by atoms with E-state index in [0.29, 0.717) is 5.57 Å². The van der Waals surface area contributed by atoms with Crippen LogP contribution in [0.15, 0.2) is 51.8 Å². The molecule has 0 aromatic heterocycles. The van der Waals surface area contributed by atoms with Gasteiger partial charge in [-0.3, -0.25) is 4.79 Å². The summed E-state index contributed by atoms with van der Waals surface area (Å²) < 4.78 is 23.8. The SMILES string of the molecule is CS(=O)(=O)c1ccc(/C=C2/C(=O)Nc3ccc(Br)cc32)cc1. The largest absolute Gasteiger partial charge is 0.321 e. The number of fused-ring (bicyclic) bond motifs is 1. The zero-order valence-corrected chi connectivity index (χ0v) is 14.0. The Balaban J connectivity index is 2.03. The summed E-state index contributed by atoms with van der Waals surface area (Å²) in [5.41, 5.74) is 2.92. The molecule has 4 nitrogen and oxygen atoms in total. The molecule has 0 atom stereocenters. The molecule has 0 spiro atoms. The second-order valence-electron chi connectivity index (χ2n) is 5.04. The fourth-order valence-corrected chi connectivity index (χ4v) is 3.27. The van der Waals surface area contributed by atoms with Gasteiger partial charge in [0.15, 0.2) is 9.84 Å². The molecule has 0 saturated heterocycles. The van der Waals surface area contributed by atoms with Crippen molar-refractivity contribution in [2.75, 3.05) is 11.6 Å². The highest BCUT2D eigenvalue weighted by molar-refractivity contribution is 9.10. The predicted octanol–water partition coefficient (Wildman–Crippen LogP) is 3.35. The van der Waals surface area contributed by atoms with Crippen LogP contribution in [-0.4, -0.2) is 20.6 Å². The summed E-state index contributed by atoms with van der Waals surface area (Å²) in [7, 11) is -3.22. The molecule has 2 aromatic rings. The molecule has 1 aliphatic rings. The van der Waals surface area contributed by atoms with E-state index in [1.807, 2.05) is 18.2 Å². The third-order valence-electron chi connectivity index (χ3n) is 3.38. The molecule has 2 aromatic carbocycles. The quantitative estimate of drug-likeness (QED) is 0.816. The van der Waals surface area contributed by atoms with Crippen LogP contribution in [-0.2, 0) is 14.6 Å². The molecule has 1 amide bonds. The number of halogens is 1. The van der Waals surface area contributed by atoms with Crippen LogP contribution in [0.3, 0.4) is 0 Å². The van der Waals surface area contributed by atoms with Gasteiger partial charge >= 0.3 is 0 Å². The highest BCUT2D eigenvalue weighted by Crippen LogP contribution is 2.35. The Kier molecular flexibility index (Phi) is 3.66. The van der Waals surface area contributed by atoms with Gasteiger partial charge in [0.05, 0.1) is 4.90 Å². The molecular formula is C16H12BrNO3S. The predicted molar refractivity (Wildman–Crippen MR) is 90.2 cm³/mol. The van der Waals surface area contributed by atoms with Gasteiger partial charge in [0, 0.05) is 27.6 Å². The summed E-state index contributed by atoms with van der Waals surface area (Å²) in [4.78, 5) is 12.3. The lowest BCUT2D eigenvalue weighted by atomic mass is 10.0. The lowest BCUT2D eigenvalue weighted by Gasteiger charge is -2.01. The van der Waals surface area contributed by atoms with Crippen molar-refractivity contribution >= 4 is 49.0 Å². The number of hydrogen-bond acceptors (Lipinski definition) is 3.